The predicted molar refractivity (Wildman–Crippen MR) is 116 cm³/mol. The SMILES string of the molecule is CCNC(=O)c1ccc(C)c(NC(=O)NCC(c2cccc(OC)c2)N(C)C)c1. The Kier molecular flexibility index (Phi) is 8.03. The van der Waals surface area contributed by atoms with Crippen LogP contribution in [0.15, 0.2) is 42.5 Å². The van der Waals surface area contributed by atoms with Crippen LogP contribution in [0.5, 0.6) is 5.75 Å². The van der Waals surface area contributed by atoms with E-state index >= 15 is 0 Å². The maximum Gasteiger partial charge on any atom is 0.319 e. The van der Waals surface area contributed by atoms with Crippen molar-refractivity contribution in [3.63, 3.8) is 0 Å². The van der Waals surface area contributed by atoms with Gasteiger partial charge in [-0.2, -0.15) is 0 Å². The van der Waals surface area contributed by atoms with Gasteiger partial charge in [-0.3, -0.25) is 4.79 Å². The highest BCUT2D eigenvalue weighted by Crippen LogP contribution is 2.22. The summed E-state index contributed by atoms with van der Waals surface area (Å²) in [5.74, 6) is 0.609. The molecule has 0 aliphatic rings. The molecule has 0 saturated carbocycles. The van der Waals surface area contributed by atoms with Gasteiger partial charge in [-0.05, 0) is 63.3 Å². The third kappa shape index (κ3) is 6.22. The molecule has 0 heterocycles. The second kappa shape index (κ2) is 10.5. The van der Waals surface area contributed by atoms with Crippen LogP contribution in [0.2, 0.25) is 0 Å². The van der Waals surface area contributed by atoms with Gasteiger partial charge in [0.2, 0.25) is 0 Å². The number of carbonyl (C=O) groups is 2. The molecule has 3 N–H and O–H groups in total. The molecule has 29 heavy (non-hydrogen) atoms. The van der Waals surface area contributed by atoms with Gasteiger partial charge >= 0.3 is 6.03 Å². The maximum atomic E-state index is 12.5. The molecule has 0 aliphatic heterocycles. The van der Waals surface area contributed by atoms with Crippen molar-refractivity contribution in [3.8, 4) is 5.75 Å². The molecule has 0 saturated heterocycles. The second-order valence-electron chi connectivity index (χ2n) is 6.98. The molecular formula is C22H30N4O3. The number of methoxy groups -OCH3 is 1. The number of rotatable bonds is 8. The number of nitrogens with one attached hydrogen (secondary N) is 3. The van der Waals surface area contributed by atoms with Gasteiger partial charge in [0, 0.05) is 24.3 Å². The Balaban J connectivity index is 2.06. The van der Waals surface area contributed by atoms with E-state index in [0.29, 0.717) is 24.3 Å². The molecule has 2 aromatic carbocycles. The molecule has 7 heteroatoms. The Hall–Kier alpha value is -3.06. The first-order valence-electron chi connectivity index (χ1n) is 9.59. The van der Waals surface area contributed by atoms with Crippen molar-refractivity contribution in [2.75, 3.05) is 39.6 Å². The molecule has 0 spiro atoms. The minimum Gasteiger partial charge on any atom is -0.497 e. The van der Waals surface area contributed by atoms with Gasteiger partial charge in [-0.25, -0.2) is 4.79 Å². The number of ether oxygens (including phenoxy) is 1. The molecule has 2 aromatic rings. The van der Waals surface area contributed by atoms with Crippen LogP contribution in [0.3, 0.4) is 0 Å². The fourth-order valence-electron chi connectivity index (χ4n) is 2.96. The lowest BCUT2D eigenvalue weighted by atomic mass is 10.1. The molecule has 0 bridgehead atoms. The van der Waals surface area contributed by atoms with Crippen molar-refractivity contribution < 1.29 is 14.3 Å². The summed E-state index contributed by atoms with van der Waals surface area (Å²) in [7, 11) is 5.56. The fourth-order valence-corrected chi connectivity index (χ4v) is 2.96. The largest absolute Gasteiger partial charge is 0.497 e. The van der Waals surface area contributed by atoms with Gasteiger partial charge < -0.3 is 25.6 Å². The lowest BCUT2D eigenvalue weighted by Gasteiger charge is -2.25. The van der Waals surface area contributed by atoms with Crippen LogP contribution in [0, 0.1) is 6.92 Å². The summed E-state index contributed by atoms with van der Waals surface area (Å²) in [5.41, 5.74) is 3.04. The number of urea groups is 1. The molecule has 0 aromatic heterocycles. The standard InChI is InChI=1S/C22H30N4O3/c1-6-23-21(27)17-11-10-15(2)19(13-17)25-22(28)24-14-20(26(3)4)16-8-7-9-18(12-16)29-5/h7-13,20H,6,14H2,1-5H3,(H,23,27)(H2,24,25,28). The molecule has 156 valence electrons. The van der Waals surface area contributed by atoms with Crippen LogP contribution in [0.1, 0.15) is 34.5 Å². The molecule has 1 unspecified atom stereocenters. The summed E-state index contributed by atoms with van der Waals surface area (Å²) >= 11 is 0. The Bertz CT molecular complexity index is 852. The van der Waals surface area contributed by atoms with Crippen molar-refractivity contribution in [2.24, 2.45) is 0 Å². The van der Waals surface area contributed by atoms with E-state index in [9.17, 15) is 9.59 Å². The van der Waals surface area contributed by atoms with Crippen LogP contribution < -0.4 is 20.7 Å². The zero-order chi connectivity index (χ0) is 21.4. The van der Waals surface area contributed by atoms with Crippen molar-refractivity contribution in [1.82, 2.24) is 15.5 Å². The van der Waals surface area contributed by atoms with E-state index in [-0.39, 0.29) is 18.0 Å². The molecule has 0 aliphatic carbocycles. The minimum atomic E-state index is -0.323. The second-order valence-corrected chi connectivity index (χ2v) is 6.98. The summed E-state index contributed by atoms with van der Waals surface area (Å²) < 4.78 is 5.30. The number of benzene rings is 2. The van der Waals surface area contributed by atoms with E-state index in [0.717, 1.165) is 16.9 Å². The molecule has 0 radical (unpaired) electrons. The van der Waals surface area contributed by atoms with E-state index in [2.05, 4.69) is 16.0 Å². The first-order valence-corrected chi connectivity index (χ1v) is 9.59. The Morgan fingerprint density at radius 1 is 1.10 bits per heavy atom. The molecule has 2 rings (SSSR count). The van der Waals surface area contributed by atoms with Crippen molar-refractivity contribution in [1.29, 1.82) is 0 Å². The number of hydrogen-bond acceptors (Lipinski definition) is 4. The number of amides is 3. The monoisotopic (exact) mass is 398 g/mol. The third-order valence-corrected chi connectivity index (χ3v) is 4.64. The number of hydrogen-bond donors (Lipinski definition) is 3. The zero-order valence-corrected chi connectivity index (χ0v) is 17.7. The molecule has 3 amide bonds. The summed E-state index contributed by atoms with van der Waals surface area (Å²) in [6.45, 7) is 4.71. The highest BCUT2D eigenvalue weighted by Gasteiger charge is 2.16. The number of aryl methyl sites for hydroxylation is 1. The van der Waals surface area contributed by atoms with Crippen LogP contribution in [0.25, 0.3) is 0 Å². The van der Waals surface area contributed by atoms with Crippen LogP contribution >= 0.6 is 0 Å². The number of carbonyl (C=O) groups excluding carboxylic acids is 2. The maximum absolute atomic E-state index is 12.5. The van der Waals surface area contributed by atoms with Gasteiger partial charge in [0.25, 0.3) is 5.91 Å². The average molecular weight is 399 g/mol. The van der Waals surface area contributed by atoms with Crippen LogP contribution in [-0.2, 0) is 0 Å². The van der Waals surface area contributed by atoms with Crippen molar-refractivity contribution >= 4 is 17.6 Å². The average Bonchev–Trinajstić information content (AvgIpc) is 2.70. The van der Waals surface area contributed by atoms with Gasteiger partial charge in [-0.15, -0.1) is 0 Å². The van der Waals surface area contributed by atoms with Crippen LogP contribution in [0.4, 0.5) is 10.5 Å². The van der Waals surface area contributed by atoms with Gasteiger partial charge in [-0.1, -0.05) is 18.2 Å². The highest BCUT2D eigenvalue weighted by molar-refractivity contribution is 5.97. The van der Waals surface area contributed by atoms with E-state index in [1.54, 1.807) is 19.2 Å². The topological polar surface area (TPSA) is 82.7 Å². The first kappa shape index (κ1) is 22.2. The van der Waals surface area contributed by atoms with Crippen molar-refractivity contribution in [2.45, 2.75) is 19.9 Å². The quantitative estimate of drug-likeness (QED) is 0.638. The lowest BCUT2D eigenvalue weighted by Crippen LogP contribution is -2.37. The predicted octanol–water partition coefficient (Wildman–Crippen LogP) is 3.18. The molecular weight excluding hydrogens is 368 g/mol. The fraction of sp³-hybridized carbons (Fsp3) is 0.364. The highest BCUT2D eigenvalue weighted by atomic mass is 16.5. The van der Waals surface area contributed by atoms with E-state index < -0.39 is 0 Å². The molecule has 1 atom stereocenters. The zero-order valence-electron chi connectivity index (χ0n) is 17.7. The van der Waals surface area contributed by atoms with Gasteiger partial charge in [0.15, 0.2) is 0 Å². The summed E-state index contributed by atoms with van der Waals surface area (Å²) in [4.78, 5) is 26.6. The number of likely N-dealkylation sites (N-methyl/N-ethyl adjacent to an activating group) is 1. The normalized spacial score (nSPS) is 11.7. The third-order valence-electron chi connectivity index (χ3n) is 4.64. The van der Waals surface area contributed by atoms with E-state index in [1.165, 1.54) is 0 Å². The van der Waals surface area contributed by atoms with Gasteiger partial charge in [0.05, 0.1) is 13.2 Å². The Morgan fingerprint density at radius 3 is 2.52 bits per heavy atom. The first-order chi connectivity index (χ1) is 13.8. The van der Waals surface area contributed by atoms with E-state index in [4.69, 9.17) is 4.74 Å². The Morgan fingerprint density at radius 2 is 1.86 bits per heavy atom. The minimum absolute atomic E-state index is 0.0152. The summed E-state index contributed by atoms with van der Waals surface area (Å²) in [6.07, 6.45) is 0. The molecule has 0 fully saturated rings. The van der Waals surface area contributed by atoms with Crippen molar-refractivity contribution in [3.05, 3.63) is 59.2 Å². The molecule has 7 nitrogen and oxygen atoms in total. The van der Waals surface area contributed by atoms with Crippen LogP contribution in [-0.4, -0.2) is 51.1 Å². The van der Waals surface area contributed by atoms with Gasteiger partial charge in [0.1, 0.15) is 5.75 Å². The summed E-state index contributed by atoms with van der Waals surface area (Å²) in [5, 5.41) is 8.52. The number of anilines is 1. The smallest absolute Gasteiger partial charge is 0.319 e. The van der Waals surface area contributed by atoms with E-state index in [1.807, 2.05) is 63.2 Å². The Labute approximate surface area is 172 Å². The summed E-state index contributed by atoms with van der Waals surface area (Å²) in [6, 6.07) is 12.7. The lowest BCUT2D eigenvalue weighted by molar-refractivity contribution is 0.0956. The number of nitrogens with zero attached hydrogens (tertiary/aromatic N) is 1.